The SMILES string of the molecule is CSc1cccc(NC(=O)c2cc(OC(F)(F)F)c(C)nc2N2CCCC(F)(F)CC2)c1. The first-order valence-electron chi connectivity index (χ1n) is 9.83. The van der Waals surface area contributed by atoms with Crippen LogP contribution >= 0.6 is 11.8 Å². The molecule has 11 heteroatoms. The van der Waals surface area contributed by atoms with E-state index in [0.717, 1.165) is 11.0 Å². The summed E-state index contributed by atoms with van der Waals surface area (Å²) < 4.78 is 70.2. The molecule has 174 valence electrons. The second kappa shape index (κ2) is 9.51. The fourth-order valence-electron chi connectivity index (χ4n) is 3.39. The zero-order chi connectivity index (χ0) is 23.5. The highest BCUT2D eigenvalue weighted by atomic mass is 32.2. The van der Waals surface area contributed by atoms with Gasteiger partial charge in [0.1, 0.15) is 5.82 Å². The van der Waals surface area contributed by atoms with E-state index in [9.17, 15) is 26.7 Å². The zero-order valence-electron chi connectivity index (χ0n) is 17.4. The largest absolute Gasteiger partial charge is 0.573 e. The molecule has 1 saturated heterocycles. The molecule has 2 aromatic rings. The summed E-state index contributed by atoms with van der Waals surface area (Å²) in [5, 5.41) is 2.65. The van der Waals surface area contributed by atoms with Gasteiger partial charge in [-0.3, -0.25) is 4.79 Å². The molecule has 2 heterocycles. The predicted molar refractivity (Wildman–Crippen MR) is 113 cm³/mol. The summed E-state index contributed by atoms with van der Waals surface area (Å²) in [5.41, 5.74) is 0.151. The average Bonchev–Trinajstić information content (AvgIpc) is 2.88. The van der Waals surface area contributed by atoms with Crippen LogP contribution < -0.4 is 15.0 Å². The minimum absolute atomic E-state index is 0.0493. The predicted octanol–water partition coefficient (Wildman–Crippen LogP) is 5.89. The molecule has 1 amide bonds. The molecule has 0 radical (unpaired) electrons. The minimum Gasteiger partial charge on any atom is -0.404 e. The molecule has 0 bridgehead atoms. The Morgan fingerprint density at radius 3 is 2.66 bits per heavy atom. The molecule has 1 aromatic heterocycles. The molecule has 0 unspecified atom stereocenters. The zero-order valence-corrected chi connectivity index (χ0v) is 18.2. The van der Waals surface area contributed by atoms with Gasteiger partial charge in [0.05, 0.1) is 11.3 Å². The van der Waals surface area contributed by atoms with Gasteiger partial charge < -0.3 is 15.0 Å². The number of halogens is 5. The van der Waals surface area contributed by atoms with Gasteiger partial charge in [-0.2, -0.15) is 0 Å². The lowest BCUT2D eigenvalue weighted by Crippen LogP contribution is -2.30. The molecule has 0 aliphatic carbocycles. The summed E-state index contributed by atoms with van der Waals surface area (Å²) in [7, 11) is 0. The highest BCUT2D eigenvalue weighted by Gasteiger charge is 2.35. The van der Waals surface area contributed by atoms with Crippen LogP contribution in [0.25, 0.3) is 0 Å². The second-order valence-electron chi connectivity index (χ2n) is 7.37. The third-order valence-corrected chi connectivity index (χ3v) is 5.69. The number of benzene rings is 1. The smallest absolute Gasteiger partial charge is 0.404 e. The molecule has 1 aromatic carbocycles. The van der Waals surface area contributed by atoms with Crippen molar-refractivity contribution in [2.24, 2.45) is 0 Å². The van der Waals surface area contributed by atoms with Crippen LogP contribution in [-0.4, -0.2) is 42.5 Å². The lowest BCUT2D eigenvalue weighted by atomic mass is 10.1. The molecule has 0 atom stereocenters. The van der Waals surface area contributed by atoms with Crippen molar-refractivity contribution in [1.29, 1.82) is 0 Å². The Bertz CT molecular complexity index is 984. The fraction of sp³-hybridized carbons (Fsp3) is 0.429. The van der Waals surface area contributed by atoms with Gasteiger partial charge in [-0.05, 0) is 43.9 Å². The lowest BCUT2D eigenvalue weighted by molar-refractivity contribution is -0.275. The van der Waals surface area contributed by atoms with E-state index < -0.39 is 30.4 Å². The number of carbonyl (C=O) groups is 1. The second-order valence-corrected chi connectivity index (χ2v) is 8.25. The Balaban J connectivity index is 1.99. The number of aryl methyl sites for hydroxylation is 1. The number of alkyl halides is 5. The van der Waals surface area contributed by atoms with E-state index in [-0.39, 0.29) is 43.0 Å². The maximum Gasteiger partial charge on any atom is 0.573 e. The molecular weight excluding hydrogens is 453 g/mol. The molecule has 3 rings (SSSR count). The van der Waals surface area contributed by atoms with Crippen molar-refractivity contribution in [3.63, 3.8) is 0 Å². The van der Waals surface area contributed by atoms with Crippen molar-refractivity contribution in [1.82, 2.24) is 4.98 Å². The Hall–Kier alpha value is -2.56. The van der Waals surface area contributed by atoms with Crippen LogP contribution in [0, 0.1) is 6.92 Å². The molecule has 1 aliphatic heterocycles. The van der Waals surface area contributed by atoms with Crippen LogP contribution in [0.4, 0.5) is 33.5 Å². The number of pyridine rings is 1. The van der Waals surface area contributed by atoms with Gasteiger partial charge in [-0.25, -0.2) is 13.8 Å². The first kappa shape index (κ1) is 24.1. The summed E-state index contributed by atoms with van der Waals surface area (Å²) in [6, 6.07) is 7.88. The number of amides is 1. The highest BCUT2D eigenvalue weighted by molar-refractivity contribution is 7.98. The van der Waals surface area contributed by atoms with E-state index in [1.54, 1.807) is 18.2 Å². The number of aromatic nitrogens is 1. The Morgan fingerprint density at radius 1 is 1.22 bits per heavy atom. The van der Waals surface area contributed by atoms with E-state index in [1.165, 1.54) is 23.6 Å². The number of nitrogens with one attached hydrogen (secondary N) is 1. The average molecular weight is 475 g/mol. The maximum absolute atomic E-state index is 13.8. The van der Waals surface area contributed by atoms with Gasteiger partial charge in [0.15, 0.2) is 5.75 Å². The van der Waals surface area contributed by atoms with Gasteiger partial charge >= 0.3 is 6.36 Å². The van der Waals surface area contributed by atoms with Gasteiger partial charge in [-0.1, -0.05) is 6.07 Å². The molecule has 32 heavy (non-hydrogen) atoms. The third-order valence-electron chi connectivity index (χ3n) is 4.96. The van der Waals surface area contributed by atoms with Gasteiger partial charge in [0.2, 0.25) is 5.92 Å². The van der Waals surface area contributed by atoms with Crippen LogP contribution in [0.3, 0.4) is 0 Å². The number of nitrogens with zero attached hydrogens (tertiary/aromatic N) is 2. The number of rotatable bonds is 5. The van der Waals surface area contributed by atoms with Crippen molar-refractivity contribution < 1.29 is 31.5 Å². The first-order chi connectivity index (χ1) is 15.0. The van der Waals surface area contributed by atoms with Crippen molar-refractivity contribution >= 4 is 29.2 Å². The molecule has 1 fully saturated rings. The van der Waals surface area contributed by atoms with Gasteiger partial charge in [-0.15, -0.1) is 24.9 Å². The lowest BCUT2D eigenvalue weighted by Gasteiger charge is -2.25. The minimum atomic E-state index is -4.97. The van der Waals surface area contributed by atoms with Gasteiger partial charge in [0, 0.05) is 36.5 Å². The summed E-state index contributed by atoms with van der Waals surface area (Å²) in [6.45, 7) is 1.42. The number of anilines is 2. The van der Waals surface area contributed by atoms with Crippen LogP contribution in [-0.2, 0) is 0 Å². The van der Waals surface area contributed by atoms with Crippen molar-refractivity contribution in [2.45, 2.75) is 43.4 Å². The van der Waals surface area contributed by atoms with E-state index in [2.05, 4.69) is 15.0 Å². The highest BCUT2D eigenvalue weighted by Crippen LogP contribution is 2.34. The molecular formula is C21H22F5N3O2S. The van der Waals surface area contributed by atoms with Gasteiger partial charge in [0.25, 0.3) is 5.91 Å². The topological polar surface area (TPSA) is 54.5 Å². The standard InChI is InChI=1S/C21H22F5N3O2S/c1-13-17(31-21(24,25)26)12-16(19(30)28-14-5-3-6-15(11-14)32-2)18(27-13)29-9-4-7-20(22,23)8-10-29/h3,5-6,11-12H,4,7-10H2,1-2H3,(H,28,30). The summed E-state index contributed by atoms with van der Waals surface area (Å²) in [6.07, 6.45) is -3.70. The van der Waals surface area contributed by atoms with Crippen LogP contribution in [0.1, 0.15) is 35.3 Å². The molecule has 0 saturated carbocycles. The molecule has 1 aliphatic rings. The van der Waals surface area contributed by atoms with Crippen LogP contribution in [0.15, 0.2) is 35.2 Å². The quantitative estimate of drug-likeness (QED) is 0.432. The van der Waals surface area contributed by atoms with Crippen molar-refractivity contribution in [3.8, 4) is 5.75 Å². The number of hydrogen-bond donors (Lipinski definition) is 1. The fourth-order valence-corrected chi connectivity index (χ4v) is 3.84. The van der Waals surface area contributed by atoms with E-state index in [0.29, 0.717) is 5.69 Å². The van der Waals surface area contributed by atoms with E-state index in [1.807, 2.05) is 12.3 Å². The number of carbonyl (C=O) groups excluding carboxylic acids is 1. The molecule has 1 N–H and O–H groups in total. The van der Waals surface area contributed by atoms with E-state index in [4.69, 9.17) is 0 Å². The number of hydrogen-bond acceptors (Lipinski definition) is 5. The summed E-state index contributed by atoms with van der Waals surface area (Å²) >= 11 is 1.46. The van der Waals surface area contributed by atoms with Crippen molar-refractivity contribution in [3.05, 3.63) is 41.6 Å². The molecule has 5 nitrogen and oxygen atoms in total. The summed E-state index contributed by atoms with van der Waals surface area (Å²) in [5.74, 6) is -4.13. The Morgan fingerprint density at radius 2 is 1.97 bits per heavy atom. The molecule has 0 spiro atoms. The maximum atomic E-state index is 13.8. The Kier molecular flexibility index (Phi) is 7.16. The monoisotopic (exact) mass is 475 g/mol. The first-order valence-corrected chi connectivity index (χ1v) is 11.1. The Labute approximate surface area is 186 Å². The van der Waals surface area contributed by atoms with Crippen LogP contribution in [0.2, 0.25) is 0 Å². The number of thioether (sulfide) groups is 1. The summed E-state index contributed by atoms with van der Waals surface area (Å²) in [4.78, 5) is 19.6. The van der Waals surface area contributed by atoms with Crippen LogP contribution in [0.5, 0.6) is 5.75 Å². The number of ether oxygens (including phenoxy) is 1. The third kappa shape index (κ3) is 6.24. The normalized spacial score (nSPS) is 16.4. The van der Waals surface area contributed by atoms with Crippen molar-refractivity contribution in [2.75, 3.05) is 29.6 Å². The van der Waals surface area contributed by atoms with E-state index >= 15 is 0 Å².